The van der Waals surface area contributed by atoms with E-state index in [4.69, 9.17) is 4.74 Å². The summed E-state index contributed by atoms with van der Waals surface area (Å²) in [5.74, 6) is 0. The first-order valence-corrected chi connectivity index (χ1v) is 7.82. The van der Waals surface area contributed by atoms with Crippen LogP contribution in [0.5, 0.6) is 0 Å². The first-order chi connectivity index (χ1) is 10.8. The zero-order valence-corrected chi connectivity index (χ0v) is 17.3. The molecule has 0 aromatic carbocycles. The van der Waals surface area contributed by atoms with Gasteiger partial charge in [-0.25, -0.2) is 9.97 Å². The Labute approximate surface area is 174 Å². The van der Waals surface area contributed by atoms with Crippen LogP contribution in [0, 0.1) is 0 Å². The molecule has 2 aromatic rings. The minimum Gasteiger partial charge on any atom is -0.790 e. The molecule has 1 fully saturated rings. The SMILES string of the molecule is O=c1[nH]cnc2c1ncn2[C@H]1O[C@@H](COP(=O)([O-])[O-])[C@@H](O)C1O.[Ba+2]. The number of aliphatic hydroxyl groups excluding tert-OH is 2. The van der Waals surface area contributed by atoms with Gasteiger partial charge in [-0.05, 0) is 0 Å². The molecule has 0 amide bonds. The van der Waals surface area contributed by atoms with Crippen molar-refractivity contribution in [2.24, 2.45) is 0 Å². The van der Waals surface area contributed by atoms with Crippen LogP contribution >= 0.6 is 7.82 Å². The van der Waals surface area contributed by atoms with E-state index < -0.39 is 44.5 Å². The Kier molecular flexibility index (Phi) is 6.45. The van der Waals surface area contributed by atoms with Gasteiger partial charge in [0.15, 0.2) is 17.4 Å². The largest absolute Gasteiger partial charge is 2.00 e. The van der Waals surface area contributed by atoms with Crippen molar-refractivity contribution in [2.75, 3.05) is 6.61 Å². The molecule has 4 atom stereocenters. The fourth-order valence-electron chi connectivity index (χ4n) is 2.31. The fourth-order valence-corrected chi connectivity index (χ4v) is 2.64. The van der Waals surface area contributed by atoms with E-state index in [0.29, 0.717) is 0 Å². The van der Waals surface area contributed by atoms with Crippen molar-refractivity contribution in [3.8, 4) is 0 Å². The van der Waals surface area contributed by atoms with Gasteiger partial charge in [0.05, 0.1) is 27.1 Å². The van der Waals surface area contributed by atoms with Gasteiger partial charge >= 0.3 is 48.9 Å². The van der Waals surface area contributed by atoms with E-state index >= 15 is 0 Å². The molecule has 0 saturated carbocycles. The Bertz CT molecular complexity index is 821. The molecular formula is C10H11BaN4O8P. The number of imidazole rings is 1. The summed E-state index contributed by atoms with van der Waals surface area (Å²) in [5, 5.41) is 19.9. The van der Waals surface area contributed by atoms with Crippen LogP contribution < -0.4 is 15.3 Å². The summed E-state index contributed by atoms with van der Waals surface area (Å²) >= 11 is 0. The van der Waals surface area contributed by atoms with Crippen molar-refractivity contribution in [1.29, 1.82) is 0 Å². The predicted molar refractivity (Wildman–Crippen MR) is 73.4 cm³/mol. The van der Waals surface area contributed by atoms with Crippen LogP contribution in [0.3, 0.4) is 0 Å². The number of hydrogen-bond donors (Lipinski definition) is 3. The maximum Gasteiger partial charge on any atom is 2.00 e. The van der Waals surface area contributed by atoms with Gasteiger partial charge in [0.2, 0.25) is 0 Å². The molecule has 1 aliphatic rings. The van der Waals surface area contributed by atoms with Gasteiger partial charge < -0.3 is 38.8 Å². The predicted octanol–water partition coefficient (Wildman–Crippen LogP) is -3.80. The van der Waals surface area contributed by atoms with E-state index in [-0.39, 0.29) is 60.0 Å². The van der Waals surface area contributed by atoms with Crippen LogP contribution in [0.25, 0.3) is 11.2 Å². The van der Waals surface area contributed by atoms with Gasteiger partial charge in [0, 0.05) is 0 Å². The Morgan fingerprint density at radius 1 is 1.38 bits per heavy atom. The first-order valence-electron chi connectivity index (χ1n) is 6.36. The molecule has 0 spiro atoms. The molecule has 14 heteroatoms. The summed E-state index contributed by atoms with van der Waals surface area (Å²) in [5.41, 5.74) is -0.397. The summed E-state index contributed by atoms with van der Waals surface area (Å²) in [6.45, 7) is -0.750. The van der Waals surface area contributed by atoms with Crippen LogP contribution in [-0.4, -0.2) is 104 Å². The number of fused-ring (bicyclic) bond motifs is 1. The second-order valence-electron chi connectivity index (χ2n) is 4.84. The number of rotatable bonds is 4. The molecule has 1 aliphatic heterocycles. The first kappa shape index (κ1) is 20.2. The van der Waals surface area contributed by atoms with E-state index in [9.17, 15) is 29.4 Å². The van der Waals surface area contributed by atoms with Crippen molar-refractivity contribution in [3.63, 3.8) is 0 Å². The molecular weight excluding hydrogens is 472 g/mol. The molecule has 1 unspecified atom stereocenters. The Balaban J connectivity index is 0.00000208. The van der Waals surface area contributed by atoms with E-state index in [0.717, 1.165) is 6.33 Å². The van der Waals surface area contributed by atoms with Crippen LogP contribution in [0.1, 0.15) is 6.23 Å². The van der Waals surface area contributed by atoms with Gasteiger partial charge in [-0.1, -0.05) is 0 Å². The molecule has 126 valence electrons. The number of nitrogens with zero attached hydrogens (tertiary/aromatic N) is 3. The van der Waals surface area contributed by atoms with Crippen molar-refractivity contribution >= 4 is 67.9 Å². The summed E-state index contributed by atoms with van der Waals surface area (Å²) in [7, 11) is -5.24. The van der Waals surface area contributed by atoms with Gasteiger partial charge in [0.1, 0.15) is 18.3 Å². The van der Waals surface area contributed by atoms with Gasteiger partial charge in [-0.15, -0.1) is 0 Å². The third-order valence-electron chi connectivity index (χ3n) is 3.37. The maximum atomic E-state index is 11.6. The normalized spacial score (nSPS) is 27.3. The quantitative estimate of drug-likeness (QED) is 0.288. The number of aliphatic hydroxyl groups is 2. The van der Waals surface area contributed by atoms with Gasteiger partial charge in [-0.3, -0.25) is 9.36 Å². The van der Waals surface area contributed by atoms with Crippen LogP contribution in [0.4, 0.5) is 0 Å². The monoisotopic (exact) mass is 484 g/mol. The molecule has 3 rings (SSSR count). The number of H-pyrrole nitrogens is 1. The number of hydrogen-bond acceptors (Lipinski definition) is 10. The smallest absolute Gasteiger partial charge is 0.790 e. The van der Waals surface area contributed by atoms with Gasteiger partial charge in [-0.2, -0.15) is 0 Å². The molecule has 12 nitrogen and oxygen atoms in total. The van der Waals surface area contributed by atoms with Crippen LogP contribution in [0.2, 0.25) is 0 Å². The van der Waals surface area contributed by atoms with E-state index in [1.165, 1.54) is 10.9 Å². The second-order valence-corrected chi connectivity index (χ2v) is 6.00. The fraction of sp³-hybridized carbons (Fsp3) is 0.500. The second kappa shape index (κ2) is 7.65. The molecule has 3 heterocycles. The Morgan fingerprint density at radius 2 is 2.08 bits per heavy atom. The zero-order chi connectivity index (χ0) is 16.8. The summed E-state index contributed by atoms with van der Waals surface area (Å²) in [6.07, 6.45) is -3.11. The number of phosphoric acid groups is 1. The molecule has 0 bridgehead atoms. The number of ether oxygens (including phenoxy) is 1. The van der Waals surface area contributed by atoms with Crippen LogP contribution in [0.15, 0.2) is 17.4 Å². The summed E-state index contributed by atoms with van der Waals surface area (Å²) in [4.78, 5) is 42.6. The Morgan fingerprint density at radius 3 is 2.75 bits per heavy atom. The molecule has 1 saturated heterocycles. The van der Waals surface area contributed by atoms with Crippen molar-refractivity contribution in [1.82, 2.24) is 19.5 Å². The van der Waals surface area contributed by atoms with E-state index in [1.54, 1.807) is 0 Å². The van der Waals surface area contributed by atoms with Crippen LogP contribution in [-0.2, 0) is 13.8 Å². The maximum absolute atomic E-state index is 11.6. The number of aromatic amines is 1. The summed E-state index contributed by atoms with van der Waals surface area (Å²) in [6, 6.07) is 0. The third kappa shape index (κ3) is 4.01. The molecule has 3 N–H and O–H groups in total. The molecule has 0 aliphatic carbocycles. The van der Waals surface area contributed by atoms with E-state index in [1.807, 2.05) is 0 Å². The van der Waals surface area contributed by atoms with Crippen molar-refractivity contribution in [2.45, 2.75) is 24.5 Å². The third-order valence-corrected chi connectivity index (χ3v) is 3.84. The summed E-state index contributed by atoms with van der Waals surface area (Å²) < 4.78 is 21.1. The zero-order valence-electron chi connectivity index (χ0n) is 12.0. The number of phosphoric ester groups is 1. The number of aromatic nitrogens is 4. The minimum absolute atomic E-state index is 0. The Hall–Kier alpha value is -0.0886. The standard InChI is InChI=1S/C10H13N4O8P.Ba/c15-6-4(1-21-23(18,19)20)22-10(7(6)16)14-3-13-5-8(14)11-2-12-9(5)17;/h2-4,6-7,10,15-16H,1H2,(H,11,12,17)(H2,18,19,20);/q;+2/p-2/t4-,6+,7?,10-;/m0./s1. The molecule has 2 aromatic heterocycles. The van der Waals surface area contributed by atoms with Crippen molar-refractivity contribution < 1.29 is 33.8 Å². The topological polar surface area (TPSA) is 186 Å². The molecule has 24 heavy (non-hydrogen) atoms. The minimum atomic E-state index is -5.24. The van der Waals surface area contributed by atoms with Gasteiger partial charge in [0.25, 0.3) is 5.56 Å². The average molecular weight is 484 g/mol. The van der Waals surface area contributed by atoms with E-state index in [2.05, 4.69) is 19.5 Å². The molecule has 0 radical (unpaired) electrons. The number of nitrogens with one attached hydrogen (secondary N) is 1. The average Bonchev–Trinajstić information content (AvgIpc) is 3.01. The van der Waals surface area contributed by atoms with Crippen molar-refractivity contribution in [3.05, 3.63) is 23.0 Å².